The van der Waals surface area contributed by atoms with Gasteiger partial charge in [-0.2, -0.15) is 0 Å². The van der Waals surface area contributed by atoms with E-state index in [1.54, 1.807) is 6.07 Å². The van der Waals surface area contributed by atoms with Crippen molar-refractivity contribution >= 4 is 46.2 Å². The number of nitrogens with two attached hydrogens (primary N) is 1. The van der Waals surface area contributed by atoms with Gasteiger partial charge in [-0.05, 0) is 18.4 Å². The number of amidine groups is 1. The molecule has 3 N–H and O–H groups in total. The number of thioether (sulfide) groups is 1. The summed E-state index contributed by atoms with van der Waals surface area (Å²) in [6.07, 6.45) is 1.82. The monoisotopic (exact) mass is 298 g/mol. The Morgan fingerprint density at radius 3 is 2.57 bits per heavy atom. The van der Waals surface area contributed by atoms with E-state index >= 15 is 0 Å². The zero-order valence-electron chi connectivity index (χ0n) is 7.30. The van der Waals surface area contributed by atoms with Gasteiger partial charge in [0.05, 0.1) is 10.6 Å². The summed E-state index contributed by atoms with van der Waals surface area (Å²) in [5.74, 6) is -0.909. The van der Waals surface area contributed by atoms with Crippen LogP contribution in [-0.4, -0.2) is 12.1 Å². The van der Waals surface area contributed by atoms with Crippen LogP contribution in [0.25, 0.3) is 0 Å². The number of hydrogen-bond acceptors (Lipinski definition) is 2. The number of rotatable bonds is 2. The molecule has 0 amide bonds. The van der Waals surface area contributed by atoms with Gasteiger partial charge in [-0.15, -0.1) is 28.7 Å². The summed E-state index contributed by atoms with van der Waals surface area (Å²) in [6.45, 7) is 0. The van der Waals surface area contributed by atoms with Crippen molar-refractivity contribution in [2.45, 2.75) is 4.90 Å². The van der Waals surface area contributed by atoms with Crippen LogP contribution in [0.15, 0.2) is 17.0 Å². The molecular weight excluding hydrogens is 291 g/mol. The zero-order valence-corrected chi connectivity index (χ0v) is 10.6. The first kappa shape index (κ1) is 13.7. The quantitative estimate of drug-likeness (QED) is 0.501. The molecule has 78 valence electrons. The van der Waals surface area contributed by atoms with E-state index in [1.165, 1.54) is 17.8 Å². The maximum absolute atomic E-state index is 13.1. The Hall–Kier alpha value is -0.260. The summed E-state index contributed by atoms with van der Waals surface area (Å²) in [5, 5.41) is 7.34. The predicted octanol–water partition coefficient (Wildman–Crippen LogP) is 3.06. The number of benzene rings is 1. The molecule has 0 atom stereocenters. The Bertz CT molecular complexity index is 359. The second kappa shape index (κ2) is 5.58. The van der Waals surface area contributed by atoms with Crippen molar-refractivity contribution in [3.05, 3.63) is 28.5 Å². The van der Waals surface area contributed by atoms with Gasteiger partial charge in [0.15, 0.2) is 0 Å². The van der Waals surface area contributed by atoms with Gasteiger partial charge < -0.3 is 5.73 Å². The number of hydrogen-bond donors (Lipinski definition) is 2. The number of halogens is 3. The molecule has 1 aromatic carbocycles. The molecular formula is C8H9BrClFN2S. The highest BCUT2D eigenvalue weighted by Crippen LogP contribution is 2.29. The van der Waals surface area contributed by atoms with Crippen LogP contribution in [0.3, 0.4) is 0 Å². The lowest BCUT2D eigenvalue weighted by atomic mass is 10.2. The highest BCUT2D eigenvalue weighted by atomic mass is 79.9. The van der Waals surface area contributed by atoms with E-state index in [4.69, 9.17) is 22.7 Å². The van der Waals surface area contributed by atoms with E-state index < -0.39 is 5.82 Å². The minimum absolute atomic E-state index is 0. The molecule has 2 nitrogen and oxygen atoms in total. The van der Waals surface area contributed by atoms with Gasteiger partial charge >= 0.3 is 0 Å². The average molecular weight is 300 g/mol. The first-order valence-electron chi connectivity index (χ1n) is 3.44. The molecule has 1 aromatic rings. The maximum Gasteiger partial charge on any atom is 0.135 e. The van der Waals surface area contributed by atoms with E-state index in [-0.39, 0.29) is 33.4 Å². The third-order valence-corrected chi connectivity index (χ3v) is 2.83. The molecule has 0 aliphatic carbocycles. The highest BCUT2D eigenvalue weighted by molar-refractivity contribution is 8.93. The van der Waals surface area contributed by atoms with Crippen molar-refractivity contribution in [1.29, 1.82) is 5.41 Å². The molecule has 0 radical (unpaired) electrons. The fourth-order valence-corrected chi connectivity index (χ4v) is 1.91. The first-order chi connectivity index (χ1) is 6.07. The minimum Gasteiger partial charge on any atom is -0.384 e. The normalized spacial score (nSPS) is 9.36. The number of nitrogens with one attached hydrogen (secondary N) is 1. The lowest BCUT2D eigenvalue weighted by Crippen LogP contribution is -2.14. The second-order valence-corrected chi connectivity index (χ2v) is 3.58. The second-order valence-electron chi connectivity index (χ2n) is 2.35. The molecule has 14 heavy (non-hydrogen) atoms. The molecule has 0 aromatic heterocycles. The van der Waals surface area contributed by atoms with Gasteiger partial charge in [-0.25, -0.2) is 4.39 Å². The van der Waals surface area contributed by atoms with Crippen molar-refractivity contribution in [2.75, 3.05) is 6.26 Å². The summed E-state index contributed by atoms with van der Waals surface area (Å²) in [7, 11) is 0. The van der Waals surface area contributed by atoms with Crippen LogP contribution >= 0.6 is 40.3 Å². The molecule has 0 saturated heterocycles. The van der Waals surface area contributed by atoms with E-state index in [9.17, 15) is 4.39 Å². The standard InChI is InChI=1S/C8H8ClFN2S.BrH/c1-13-5-3-2-4(10)6(7(5)9)8(11)12;/h2-3H,1H3,(H3,11,12);1H. The molecule has 6 heteroatoms. The average Bonchev–Trinajstić information content (AvgIpc) is 2.04. The van der Waals surface area contributed by atoms with Gasteiger partial charge in [-0.3, -0.25) is 5.41 Å². The van der Waals surface area contributed by atoms with Crippen molar-refractivity contribution in [1.82, 2.24) is 0 Å². The smallest absolute Gasteiger partial charge is 0.135 e. The summed E-state index contributed by atoms with van der Waals surface area (Å²) >= 11 is 7.21. The van der Waals surface area contributed by atoms with Crippen LogP contribution in [0.2, 0.25) is 5.02 Å². The van der Waals surface area contributed by atoms with Crippen LogP contribution in [0.5, 0.6) is 0 Å². The van der Waals surface area contributed by atoms with E-state index in [2.05, 4.69) is 0 Å². The Morgan fingerprint density at radius 2 is 2.14 bits per heavy atom. The molecule has 0 saturated carbocycles. The first-order valence-corrected chi connectivity index (χ1v) is 5.04. The van der Waals surface area contributed by atoms with Crippen molar-refractivity contribution < 1.29 is 4.39 Å². The summed E-state index contributed by atoms with van der Waals surface area (Å²) in [6, 6.07) is 2.82. The summed E-state index contributed by atoms with van der Waals surface area (Å²) in [5.41, 5.74) is 5.17. The van der Waals surface area contributed by atoms with Crippen LogP contribution in [0.1, 0.15) is 5.56 Å². The van der Waals surface area contributed by atoms with Gasteiger partial charge in [0.1, 0.15) is 11.7 Å². The van der Waals surface area contributed by atoms with Gasteiger partial charge in [0.25, 0.3) is 0 Å². The Kier molecular flexibility index (Phi) is 5.48. The predicted molar refractivity (Wildman–Crippen MR) is 64.5 cm³/mol. The van der Waals surface area contributed by atoms with Crippen LogP contribution in [-0.2, 0) is 0 Å². The molecule has 0 aliphatic heterocycles. The summed E-state index contributed by atoms with van der Waals surface area (Å²) < 4.78 is 13.1. The van der Waals surface area contributed by atoms with Crippen LogP contribution < -0.4 is 5.73 Å². The molecule has 0 aliphatic rings. The van der Waals surface area contributed by atoms with Crippen molar-refractivity contribution in [2.24, 2.45) is 5.73 Å². The maximum atomic E-state index is 13.1. The molecule has 0 spiro atoms. The van der Waals surface area contributed by atoms with Gasteiger partial charge in [-0.1, -0.05) is 11.6 Å². The van der Waals surface area contributed by atoms with Crippen LogP contribution in [0, 0.1) is 11.2 Å². The number of nitrogen functional groups attached to an aromatic ring is 1. The van der Waals surface area contributed by atoms with E-state index in [1.807, 2.05) is 6.26 Å². The Labute approximate surface area is 101 Å². The summed E-state index contributed by atoms with van der Waals surface area (Å²) in [4.78, 5) is 0.716. The van der Waals surface area contributed by atoms with Crippen LogP contribution in [0.4, 0.5) is 4.39 Å². The SMILES string of the molecule is Br.CSc1ccc(F)c(C(=N)N)c1Cl. The Balaban J connectivity index is 0.00000169. The lowest BCUT2D eigenvalue weighted by molar-refractivity contribution is 0.623. The van der Waals surface area contributed by atoms with Gasteiger partial charge in [0.2, 0.25) is 0 Å². The highest BCUT2D eigenvalue weighted by Gasteiger charge is 2.13. The molecule has 0 heterocycles. The minimum atomic E-state index is -0.560. The van der Waals surface area contributed by atoms with Crippen molar-refractivity contribution in [3.8, 4) is 0 Å². The third-order valence-electron chi connectivity index (χ3n) is 1.54. The fourth-order valence-electron chi connectivity index (χ4n) is 0.938. The lowest BCUT2D eigenvalue weighted by Gasteiger charge is -2.06. The van der Waals surface area contributed by atoms with E-state index in [0.717, 1.165) is 0 Å². The molecule has 0 fully saturated rings. The van der Waals surface area contributed by atoms with Crippen molar-refractivity contribution in [3.63, 3.8) is 0 Å². The zero-order chi connectivity index (χ0) is 10.0. The Morgan fingerprint density at radius 1 is 1.57 bits per heavy atom. The third kappa shape index (κ3) is 2.62. The molecule has 0 unspecified atom stereocenters. The fraction of sp³-hybridized carbons (Fsp3) is 0.125. The topological polar surface area (TPSA) is 49.9 Å². The molecule has 1 rings (SSSR count). The van der Waals surface area contributed by atoms with Gasteiger partial charge in [0, 0.05) is 4.90 Å². The molecule has 0 bridgehead atoms. The van der Waals surface area contributed by atoms with E-state index in [0.29, 0.717) is 4.90 Å². The largest absolute Gasteiger partial charge is 0.384 e.